The highest BCUT2D eigenvalue weighted by Crippen LogP contribution is 2.21. The van der Waals surface area contributed by atoms with Crippen LogP contribution in [-0.2, 0) is 4.79 Å². The number of nitriles is 1. The second kappa shape index (κ2) is 3.97. The summed E-state index contributed by atoms with van der Waals surface area (Å²) in [5, 5.41) is 8.63. The van der Waals surface area contributed by atoms with Crippen molar-refractivity contribution >= 4 is 5.91 Å². The molecule has 0 fully saturated rings. The lowest BCUT2D eigenvalue weighted by molar-refractivity contribution is -0.124. The molecule has 0 aliphatic carbocycles. The Hall–Kier alpha value is -1.04. The van der Waals surface area contributed by atoms with Gasteiger partial charge in [0, 0.05) is 0 Å². The zero-order chi connectivity index (χ0) is 8.91. The molecule has 0 saturated carbocycles. The van der Waals surface area contributed by atoms with Crippen molar-refractivity contribution < 1.29 is 4.79 Å². The zero-order valence-corrected chi connectivity index (χ0v) is 7.05. The summed E-state index contributed by atoms with van der Waals surface area (Å²) in [4.78, 5) is 10.8. The Morgan fingerprint density at radius 1 is 1.73 bits per heavy atom. The standard InChI is InChI=1S/C8H14N2O/c1-3-4-5-8(2,6-9)7(10)11/h3-5H2,1-2H3,(H2,10,11). The van der Waals surface area contributed by atoms with E-state index in [9.17, 15) is 4.79 Å². The largest absolute Gasteiger partial charge is 0.368 e. The van der Waals surface area contributed by atoms with E-state index in [1.54, 1.807) is 6.92 Å². The van der Waals surface area contributed by atoms with Crippen LogP contribution in [0.2, 0.25) is 0 Å². The Bertz CT molecular complexity index is 183. The fourth-order valence-electron chi connectivity index (χ4n) is 0.765. The summed E-state index contributed by atoms with van der Waals surface area (Å²) in [6, 6.07) is 1.94. The highest BCUT2D eigenvalue weighted by atomic mass is 16.1. The molecule has 0 aliphatic heterocycles. The molecule has 1 unspecified atom stereocenters. The molecule has 62 valence electrons. The Labute approximate surface area is 67.2 Å². The second-order valence-corrected chi connectivity index (χ2v) is 2.91. The van der Waals surface area contributed by atoms with Gasteiger partial charge in [0.25, 0.3) is 0 Å². The number of hydrogen-bond acceptors (Lipinski definition) is 2. The first-order valence-corrected chi connectivity index (χ1v) is 3.78. The maximum absolute atomic E-state index is 10.8. The average molecular weight is 154 g/mol. The van der Waals surface area contributed by atoms with Gasteiger partial charge in [-0.05, 0) is 13.3 Å². The molecule has 0 saturated heterocycles. The van der Waals surface area contributed by atoms with E-state index in [2.05, 4.69) is 0 Å². The van der Waals surface area contributed by atoms with E-state index in [4.69, 9.17) is 11.0 Å². The minimum Gasteiger partial charge on any atom is -0.368 e. The summed E-state index contributed by atoms with van der Waals surface area (Å²) < 4.78 is 0. The highest BCUT2D eigenvalue weighted by molar-refractivity contribution is 5.83. The van der Waals surface area contributed by atoms with Gasteiger partial charge in [0.15, 0.2) is 0 Å². The van der Waals surface area contributed by atoms with Crippen LogP contribution < -0.4 is 5.73 Å². The van der Waals surface area contributed by atoms with Crippen LogP contribution in [0.25, 0.3) is 0 Å². The Morgan fingerprint density at radius 2 is 2.27 bits per heavy atom. The number of primary amides is 1. The van der Waals surface area contributed by atoms with E-state index in [0.29, 0.717) is 6.42 Å². The smallest absolute Gasteiger partial charge is 0.237 e. The van der Waals surface area contributed by atoms with E-state index in [1.807, 2.05) is 13.0 Å². The molecule has 2 N–H and O–H groups in total. The van der Waals surface area contributed by atoms with Gasteiger partial charge in [-0.15, -0.1) is 0 Å². The van der Waals surface area contributed by atoms with Gasteiger partial charge in [-0.25, -0.2) is 0 Å². The monoisotopic (exact) mass is 154 g/mol. The number of rotatable bonds is 4. The van der Waals surface area contributed by atoms with Crippen LogP contribution in [0.3, 0.4) is 0 Å². The fraction of sp³-hybridized carbons (Fsp3) is 0.750. The number of amides is 1. The molecular weight excluding hydrogens is 140 g/mol. The maximum Gasteiger partial charge on any atom is 0.237 e. The van der Waals surface area contributed by atoms with Gasteiger partial charge in [0.2, 0.25) is 5.91 Å². The molecule has 0 aromatic rings. The van der Waals surface area contributed by atoms with Crippen LogP contribution in [0, 0.1) is 16.7 Å². The molecule has 0 spiro atoms. The van der Waals surface area contributed by atoms with Gasteiger partial charge >= 0.3 is 0 Å². The molecule has 0 heterocycles. The van der Waals surface area contributed by atoms with Crippen LogP contribution in [0.1, 0.15) is 33.1 Å². The second-order valence-electron chi connectivity index (χ2n) is 2.91. The predicted molar refractivity (Wildman–Crippen MR) is 42.4 cm³/mol. The molecule has 0 radical (unpaired) electrons. The Kier molecular flexibility index (Phi) is 3.59. The van der Waals surface area contributed by atoms with Crippen LogP contribution in [0.15, 0.2) is 0 Å². The van der Waals surface area contributed by atoms with Gasteiger partial charge < -0.3 is 5.73 Å². The van der Waals surface area contributed by atoms with Crippen molar-refractivity contribution in [1.82, 2.24) is 0 Å². The third kappa shape index (κ3) is 2.58. The first kappa shape index (κ1) is 9.96. The van der Waals surface area contributed by atoms with Crippen LogP contribution in [-0.4, -0.2) is 5.91 Å². The Morgan fingerprint density at radius 3 is 2.55 bits per heavy atom. The lowest BCUT2D eigenvalue weighted by Crippen LogP contribution is -2.32. The van der Waals surface area contributed by atoms with Gasteiger partial charge in [0.1, 0.15) is 5.41 Å². The summed E-state index contributed by atoms with van der Waals surface area (Å²) in [5.74, 6) is -0.520. The Balaban J connectivity index is 4.14. The minimum atomic E-state index is -0.962. The lowest BCUT2D eigenvalue weighted by Gasteiger charge is -2.15. The predicted octanol–water partition coefficient (Wildman–Crippen LogP) is 1.19. The van der Waals surface area contributed by atoms with Crippen molar-refractivity contribution in [2.75, 3.05) is 0 Å². The van der Waals surface area contributed by atoms with Crippen molar-refractivity contribution in [2.24, 2.45) is 11.1 Å². The molecule has 0 aromatic carbocycles. The normalized spacial score (nSPS) is 15.0. The van der Waals surface area contributed by atoms with Gasteiger partial charge in [-0.3, -0.25) is 4.79 Å². The van der Waals surface area contributed by atoms with E-state index in [1.165, 1.54) is 0 Å². The zero-order valence-electron chi connectivity index (χ0n) is 7.05. The maximum atomic E-state index is 10.8. The lowest BCUT2D eigenvalue weighted by atomic mass is 9.86. The van der Waals surface area contributed by atoms with E-state index in [0.717, 1.165) is 12.8 Å². The number of hydrogen-bond donors (Lipinski definition) is 1. The molecule has 0 bridgehead atoms. The van der Waals surface area contributed by atoms with E-state index in [-0.39, 0.29) is 0 Å². The number of nitrogens with two attached hydrogens (primary N) is 1. The van der Waals surface area contributed by atoms with E-state index < -0.39 is 11.3 Å². The first-order chi connectivity index (χ1) is 5.06. The topological polar surface area (TPSA) is 66.9 Å². The van der Waals surface area contributed by atoms with Crippen LogP contribution in [0.5, 0.6) is 0 Å². The molecule has 0 aromatic heterocycles. The number of nitrogens with zero attached hydrogens (tertiary/aromatic N) is 1. The summed E-state index contributed by atoms with van der Waals surface area (Å²) in [5.41, 5.74) is 4.10. The third-order valence-corrected chi connectivity index (χ3v) is 1.82. The number of carbonyl (C=O) groups is 1. The molecule has 11 heavy (non-hydrogen) atoms. The summed E-state index contributed by atoms with van der Waals surface area (Å²) in [6.07, 6.45) is 2.41. The highest BCUT2D eigenvalue weighted by Gasteiger charge is 2.29. The number of unbranched alkanes of at least 4 members (excludes halogenated alkanes) is 1. The fourth-order valence-corrected chi connectivity index (χ4v) is 0.765. The van der Waals surface area contributed by atoms with Gasteiger partial charge in [-0.2, -0.15) is 5.26 Å². The van der Waals surface area contributed by atoms with Crippen LogP contribution in [0.4, 0.5) is 0 Å². The molecule has 3 heteroatoms. The quantitative estimate of drug-likeness (QED) is 0.661. The van der Waals surface area contributed by atoms with E-state index >= 15 is 0 Å². The summed E-state index contributed by atoms with van der Waals surface area (Å²) in [6.45, 7) is 3.60. The summed E-state index contributed by atoms with van der Waals surface area (Å²) >= 11 is 0. The van der Waals surface area contributed by atoms with Crippen molar-refractivity contribution in [3.05, 3.63) is 0 Å². The molecule has 0 aliphatic rings. The average Bonchev–Trinajstić information content (AvgIpc) is 2.00. The molecule has 1 atom stereocenters. The third-order valence-electron chi connectivity index (χ3n) is 1.82. The molecule has 1 amide bonds. The molecule has 0 rings (SSSR count). The van der Waals surface area contributed by atoms with Crippen molar-refractivity contribution in [3.8, 4) is 6.07 Å². The minimum absolute atomic E-state index is 0.520. The van der Waals surface area contributed by atoms with Crippen LogP contribution >= 0.6 is 0 Å². The molecule has 3 nitrogen and oxygen atoms in total. The van der Waals surface area contributed by atoms with Crippen molar-refractivity contribution in [2.45, 2.75) is 33.1 Å². The number of carbonyl (C=O) groups excluding carboxylic acids is 1. The van der Waals surface area contributed by atoms with Gasteiger partial charge in [0.05, 0.1) is 6.07 Å². The SMILES string of the molecule is CCCCC(C)(C#N)C(N)=O. The molecular formula is C8H14N2O. The first-order valence-electron chi connectivity index (χ1n) is 3.78. The van der Waals surface area contributed by atoms with Crippen molar-refractivity contribution in [1.29, 1.82) is 5.26 Å². The van der Waals surface area contributed by atoms with Crippen molar-refractivity contribution in [3.63, 3.8) is 0 Å². The van der Waals surface area contributed by atoms with Gasteiger partial charge in [-0.1, -0.05) is 19.8 Å². The summed E-state index contributed by atoms with van der Waals surface area (Å²) in [7, 11) is 0.